The Hall–Kier alpha value is -2.97. The van der Waals surface area contributed by atoms with E-state index in [-0.39, 0.29) is 23.4 Å². The summed E-state index contributed by atoms with van der Waals surface area (Å²) in [7, 11) is -1.74. The van der Waals surface area contributed by atoms with Crippen LogP contribution in [-0.2, 0) is 4.79 Å². The van der Waals surface area contributed by atoms with Crippen molar-refractivity contribution in [2.45, 2.75) is 19.6 Å². The van der Waals surface area contributed by atoms with Gasteiger partial charge in [-0.1, -0.05) is 12.1 Å². The summed E-state index contributed by atoms with van der Waals surface area (Å²) in [6.45, 7) is 5.91. The highest BCUT2D eigenvalue weighted by atomic mass is 28.4. The van der Waals surface area contributed by atoms with E-state index in [9.17, 15) is 14.4 Å². The van der Waals surface area contributed by atoms with Crippen LogP contribution in [0.15, 0.2) is 36.4 Å². The molecule has 1 aliphatic rings. The number of nitrogens with two attached hydrogens (primary N) is 1. The van der Waals surface area contributed by atoms with Crippen molar-refractivity contribution in [2.24, 2.45) is 5.73 Å². The third-order valence-electron chi connectivity index (χ3n) is 3.83. The summed E-state index contributed by atoms with van der Waals surface area (Å²) >= 11 is 0. The van der Waals surface area contributed by atoms with Crippen LogP contribution >= 0.6 is 0 Å². The Morgan fingerprint density at radius 1 is 1.00 bits per heavy atom. The first-order chi connectivity index (χ1) is 12.7. The zero-order chi connectivity index (χ0) is 19.8. The van der Waals surface area contributed by atoms with Crippen LogP contribution in [0.4, 0.5) is 0 Å². The maximum atomic E-state index is 12.2. The van der Waals surface area contributed by atoms with Crippen LogP contribution < -0.4 is 20.2 Å². The van der Waals surface area contributed by atoms with Gasteiger partial charge in [-0.25, -0.2) is 0 Å². The van der Waals surface area contributed by atoms with Crippen LogP contribution in [0.2, 0.25) is 19.6 Å². The van der Waals surface area contributed by atoms with Crippen molar-refractivity contribution in [3.63, 3.8) is 0 Å². The van der Waals surface area contributed by atoms with E-state index in [0.717, 1.165) is 5.75 Å². The minimum atomic E-state index is -1.74. The number of esters is 1. The van der Waals surface area contributed by atoms with E-state index in [1.807, 2.05) is 24.3 Å². The van der Waals surface area contributed by atoms with Gasteiger partial charge in [-0.2, -0.15) is 0 Å². The minimum Gasteiger partial charge on any atom is -0.544 e. The fourth-order valence-corrected chi connectivity index (χ4v) is 3.62. The maximum absolute atomic E-state index is 12.2. The molecule has 8 heteroatoms. The minimum absolute atomic E-state index is 0.0326. The fraction of sp³-hybridized carbons (Fsp3) is 0.211. The fourth-order valence-electron chi connectivity index (χ4n) is 2.78. The van der Waals surface area contributed by atoms with Gasteiger partial charge in [0.25, 0.3) is 11.8 Å². The molecule has 2 amide bonds. The molecule has 3 rings (SSSR count). The third-order valence-corrected chi connectivity index (χ3v) is 4.68. The number of carbonyl (C=O) groups is 3. The number of benzene rings is 2. The first-order valence-corrected chi connectivity index (χ1v) is 11.8. The van der Waals surface area contributed by atoms with Crippen molar-refractivity contribution >= 4 is 26.1 Å². The molecule has 3 N–H and O–H groups in total. The van der Waals surface area contributed by atoms with E-state index in [1.165, 1.54) is 6.07 Å². The lowest BCUT2D eigenvalue weighted by Gasteiger charge is -2.19. The molecule has 140 valence electrons. The summed E-state index contributed by atoms with van der Waals surface area (Å²) < 4.78 is 11.3. The zero-order valence-electron chi connectivity index (χ0n) is 15.3. The van der Waals surface area contributed by atoms with E-state index in [4.69, 9.17) is 14.9 Å². The summed E-state index contributed by atoms with van der Waals surface area (Å²) in [6.07, 6.45) is 0. The SMILES string of the molecule is C[Si](C)(C)Oc1ccc(-c2ccc3c(c2OC(=O)CN)C(=O)NC3=O)cc1. The topological polar surface area (TPSA) is 108 Å². The standard InChI is InChI=1S/C19H20N2O5Si/c1-27(2,3)26-12-6-4-11(5-7-12)13-8-9-14-16(19(24)21-18(14)23)17(13)25-15(22)10-20/h4-9H,10,20H2,1-3H3,(H,21,23,24). The highest BCUT2D eigenvalue weighted by Crippen LogP contribution is 2.38. The lowest BCUT2D eigenvalue weighted by molar-refractivity contribution is -0.132. The maximum Gasteiger partial charge on any atom is 0.325 e. The lowest BCUT2D eigenvalue weighted by Crippen LogP contribution is -2.29. The van der Waals surface area contributed by atoms with Gasteiger partial charge in [0.15, 0.2) is 5.75 Å². The largest absolute Gasteiger partial charge is 0.544 e. The van der Waals surface area contributed by atoms with Gasteiger partial charge < -0.3 is 14.9 Å². The second-order valence-electron chi connectivity index (χ2n) is 7.07. The van der Waals surface area contributed by atoms with Crippen LogP contribution in [0.5, 0.6) is 11.5 Å². The quantitative estimate of drug-likeness (QED) is 0.354. The van der Waals surface area contributed by atoms with Crippen molar-refractivity contribution in [1.82, 2.24) is 5.32 Å². The van der Waals surface area contributed by atoms with Crippen LogP contribution in [0.1, 0.15) is 20.7 Å². The average Bonchev–Trinajstić information content (AvgIpc) is 2.89. The summed E-state index contributed by atoms with van der Waals surface area (Å²) in [5.41, 5.74) is 6.78. The first-order valence-electron chi connectivity index (χ1n) is 8.42. The van der Waals surface area contributed by atoms with E-state index in [0.29, 0.717) is 11.1 Å². The second-order valence-corrected chi connectivity index (χ2v) is 11.5. The lowest BCUT2D eigenvalue weighted by atomic mass is 9.98. The predicted octanol–water partition coefficient (Wildman–Crippen LogP) is 2.32. The van der Waals surface area contributed by atoms with E-state index in [1.54, 1.807) is 6.07 Å². The van der Waals surface area contributed by atoms with Gasteiger partial charge in [0.05, 0.1) is 17.7 Å². The molecule has 27 heavy (non-hydrogen) atoms. The number of hydrogen-bond acceptors (Lipinski definition) is 6. The molecule has 1 aliphatic heterocycles. The first kappa shape index (κ1) is 18.8. The smallest absolute Gasteiger partial charge is 0.325 e. The molecule has 2 aromatic carbocycles. The number of hydrogen-bond donors (Lipinski definition) is 2. The average molecular weight is 384 g/mol. The molecular weight excluding hydrogens is 364 g/mol. The number of amides is 2. The summed E-state index contributed by atoms with van der Waals surface area (Å²) in [6, 6.07) is 10.4. The number of imide groups is 1. The molecule has 7 nitrogen and oxygen atoms in total. The Labute approximate surface area is 157 Å². The number of carbonyl (C=O) groups excluding carboxylic acids is 3. The van der Waals surface area contributed by atoms with Crippen molar-refractivity contribution in [3.05, 3.63) is 47.5 Å². The van der Waals surface area contributed by atoms with Crippen molar-refractivity contribution in [3.8, 4) is 22.6 Å². The van der Waals surface area contributed by atoms with Crippen LogP contribution in [0.3, 0.4) is 0 Å². The van der Waals surface area contributed by atoms with Gasteiger partial charge in [0.2, 0.25) is 8.32 Å². The van der Waals surface area contributed by atoms with E-state index >= 15 is 0 Å². The Balaban J connectivity index is 2.07. The molecular formula is C19H20N2O5Si. The van der Waals surface area contributed by atoms with Gasteiger partial charge in [-0.15, -0.1) is 0 Å². The van der Waals surface area contributed by atoms with Crippen molar-refractivity contribution < 1.29 is 23.5 Å². The van der Waals surface area contributed by atoms with Crippen LogP contribution in [0, 0.1) is 0 Å². The van der Waals surface area contributed by atoms with E-state index in [2.05, 4.69) is 25.0 Å². The Morgan fingerprint density at radius 2 is 1.63 bits per heavy atom. The Bertz CT molecular complexity index is 932. The monoisotopic (exact) mass is 384 g/mol. The van der Waals surface area contributed by atoms with Crippen LogP contribution in [0.25, 0.3) is 11.1 Å². The second kappa shape index (κ2) is 6.97. The Kier molecular flexibility index (Phi) is 4.86. The summed E-state index contributed by atoms with van der Waals surface area (Å²) in [5, 5.41) is 2.21. The molecule has 0 bridgehead atoms. The van der Waals surface area contributed by atoms with Gasteiger partial charge >= 0.3 is 5.97 Å². The number of nitrogens with one attached hydrogen (secondary N) is 1. The highest BCUT2D eigenvalue weighted by Gasteiger charge is 2.33. The number of ether oxygens (including phenoxy) is 1. The van der Waals surface area contributed by atoms with Crippen molar-refractivity contribution in [1.29, 1.82) is 0 Å². The molecule has 1 heterocycles. The molecule has 0 spiro atoms. The normalized spacial score (nSPS) is 13.2. The molecule has 0 aromatic heterocycles. The molecule has 2 aromatic rings. The van der Waals surface area contributed by atoms with Crippen LogP contribution in [-0.4, -0.2) is 32.6 Å². The van der Waals surface area contributed by atoms with E-state index < -0.39 is 26.1 Å². The Morgan fingerprint density at radius 3 is 2.22 bits per heavy atom. The molecule has 0 saturated heterocycles. The van der Waals surface area contributed by atoms with Gasteiger partial charge in [-0.05, 0) is 49.5 Å². The summed E-state index contributed by atoms with van der Waals surface area (Å²) in [4.78, 5) is 35.9. The molecule has 0 unspecified atom stereocenters. The molecule has 0 fully saturated rings. The molecule has 0 aliphatic carbocycles. The van der Waals surface area contributed by atoms with Gasteiger partial charge in [0.1, 0.15) is 5.75 Å². The molecule has 0 saturated carbocycles. The highest BCUT2D eigenvalue weighted by molar-refractivity contribution is 6.70. The predicted molar refractivity (Wildman–Crippen MR) is 102 cm³/mol. The van der Waals surface area contributed by atoms with Crippen molar-refractivity contribution in [2.75, 3.05) is 6.54 Å². The number of rotatable bonds is 5. The zero-order valence-corrected chi connectivity index (χ0v) is 16.3. The van der Waals surface area contributed by atoms with Gasteiger partial charge in [-0.3, -0.25) is 19.7 Å². The molecule has 0 atom stereocenters. The summed E-state index contributed by atoms with van der Waals surface area (Å²) in [5.74, 6) is -1.05. The number of fused-ring (bicyclic) bond motifs is 1. The molecule has 0 radical (unpaired) electrons. The third kappa shape index (κ3) is 3.91. The van der Waals surface area contributed by atoms with Gasteiger partial charge in [0, 0.05) is 5.56 Å².